The summed E-state index contributed by atoms with van der Waals surface area (Å²) in [6.07, 6.45) is 0.889. The van der Waals surface area contributed by atoms with Crippen molar-refractivity contribution in [1.82, 2.24) is 4.98 Å². The summed E-state index contributed by atoms with van der Waals surface area (Å²) in [5.41, 5.74) is 3.47. The van der Waals surface area contributed by atoms with Crippen LogP contribution in [0.1, 0.15) is 21.4 Å². The van der Waals surface area contributed by atoms with E-state index in [4.69, 9.17) is 14.8 Å². The highest BCUT2D eigenvalue weighted by molar-refractivity contribution is 7.99. The highest BCUT2D eigenvalue weighted by atomic mass is 32.2. The number of thioether (sulfide) groups is 1. The Labute approximate surface area is 195 Å². The molecule has 6 heteroatoms. The van der Waals surface area contributed by atoms with Gasteiger partial charge in [0.2, 0.25) is 0 Å². The highest BCUT2D eigenvalue weighted by Crippen LogP contribution is 2.43. The number of rotatable bonds is 9. The lowest BCUT2D eigenvalue weighted by molar-refractivity contribution is -0.139. The van der Waals surface area contributed by atoms with Gasteiger partial charge >= 0.3 is 5.97 Å². The van der Waals surface area contributed by atoms with Crippen LogP contribution in [0.4, 0.5) is 0 Å². The molecule has 0 saturated carbocycles. The summed E-state index contributed by atoms with van der Waals surface area (Å²) in [6, 6.07) is 28.4. The molecule has 1 atom stereocenters. The van der Waals surface area contributed by atoms with Gasteiger partial charge in [0.1, 0.15) is 10.8 Å². The molecule has 0 radical (unpaired) electrons. The monoisotopic (exact) mass is 461 g/mol. The van der Waals surface area contributed by atoms with Crippen LogP contribution in [-0.2, 0) is 11.2 Å². The number of thiazole rings is 1. The molecule has 162 valence electrons. The SMILES string of the molecule is Cc1nc(-c2ccccc2)sc1C(Cc1ccccc1)Sc1ccc(OCC(=O)O)cc1. The molecule has 0 aliphatic carbocycles. The predicted octanol–water partition coefficient (Wildman–Crippen LogP) is 6.66. The zero-order chi connectivity index (χ0) is 22.3. The Bertz CT molecular complexity index is 1160. The van der Waals surface area contributed by atoms with Gasteiger partial charge in [-0.15, -0.1) is 23.1 Å². The molecule has 0 fully saturated rings. The number of ether oxygens (including phenoxy) is 1. The number of carbonyl (C=O) groups is 1. The van der Waals surface area contributed by atoms with E-state index in [9.17, 15) is 4.79 Å². The van der Waals surface area contributed by atoms with Crippen molar-refractivity contribution in [1.29, 1.82) is 0 Å². The van der Waals surface area contributed by atoms with Gasteiger partial charge in [0, 0.05) is 20.6 Å². The number of hydrogen-bond acceptors (Lipinski definition) is 5. The maximum atomic E-state index is 10.7. The van der Waals surface area contributed by atoms with E-state index in [1.54, 1.807) is 23.1 Å². The van der Waals surface area contributed by atoms with Crippen molar-refractivity contribution in [2.24, 2.45) is 0 Å². The first-order chi connectivity index (χ1) is 15.6. The summed E-state index contributed by atoms with van der Waals surface area (Å²) in [4.78, 5) is 18.0. The van der Waals surface area contributed by atoms with Gasteiger partial charge in [-0.1, -0.05) is 60.7 Å². The van der Waals surface area contributed by atoms with E-state index in [1.165, 1.54) is 10.4 Å². The standard InChI is InChI=1S/C26H23NO3S2/c1-18-25(32-26(27-18)20-10-6-3-7-11-20)23(16-19-8-4-2-5-9-19)31-22-14-12-21(13-15-22)30-17-24(28)29/h2-15,23H,16-17H2,1H3,(H,28,29). The molecule has 32 heavy (non-hydrogen) atoms. The Balaban J connectivity index is 1.60. The van der Waals surface area contributed by atoms with Crippen LogP contribution < -0.4 is 4.74 Å². The maximum absolute atomic E-state index is 10.7. The minimum atomic E-state index is -0.985. The molecule has 0 saturated heterocycles. The van der Waals surface area contributed by atoms with Crippen LogP contribution in [0.3, 0.4) is 0 Å². The smallest absolute Gasteiger partial charge is 0.341 e. The third kappa shape index (κ3) is 5.78. The van der Waals surface area contributed by atoms with Crippen molar-refractivity contribution in [3.8, 4) is 16.3 Å². The molecule has 0 bridgehead atoms. The fourth-order valence-electron chi connectivity index (χ4n) is 3.35. The number of aryl methyl sites for hydroxylation is 1. The van der Waals surface area contributed by atoms with Crippen molar-refractivity contribution in [2.75, 3.05) is 6.61 Å². The van der Waals surface area contributed by atoms with Gasteiger partial charge in [-0.3, -0.25) is 0 Å². The van der Waals surface area contributed by atoms with Crippen molar-refractivity contribution < 1.29 is 14.6 Å². The van der Waals surface area contributed by atoms with E-state index in [2.05, 4.69) is 43.3 Å². The van der Waals surface area contributed by atoms with Gasteiger partial charge in [0.05, 0.1) is 5.69 Å². The quantitative estimate of drug-likeness (QED) is 0.283. The number of benzene rings is 3. The van der Waals surface area contributed by atoms with Crippen LogP contribution in [-0.4, -0.2) is 22.7 Å². The summed E-state index contributed by atoms with van der Waals surface area (Å²) < 4.78 is 5.26. The fourth-order valence-corrected chi connectivity index (χ4v) is 5.87. The molecule has 0 spiro atoms. The minimum Gasteiger partial charge on any atom is -0.482 e. The van der Waals surface area contributed by atoms with E-state index in [-0.39, 0.29) is 11.9 Å². The van der Waals surface area contributed by atoms with Crippen LogP contribution >= 0.6 is 23.1 Å². The zero-order valence-corrected chi connectivity index (χ0v) is 19.2. The van der Waals surface area contributed by atoms with Crippen LogP contribution in [0.2, 0.25) is 0 Å². The molecule has 1 N–H and O–H groups in total. The molecule has 0 aliphatic heterocycles. The molecular formula is C26H23NO3S2. The number of nitrogens with zero attached hydrogens (tertiary/aromatic N) is 1. The average Bonchev–Trinajstić information content (AvgIpc) is 3.21. The van der Waals surface area contributed by atoms with Crippen LogP contribution in [0, 0.1) is 6.92 Å². The third-order valence-corrected chi connectivity index (χ3v) is 7.57. The average molecular weight is 462 g/mol. The van der Waals surface area contributed by atoms with Crippen molar-refractivity contribution in [2.45, 2.75) is 23.5 Å². The van der Waals surface area contributed by atoms with Gasteiger partial charge in [-0.05, 0) is 43.2 Å². The number of carboxylic acid groups (broad SMARTS) is 1. The fraction of sp³-hybridized carbons (Fsp3) is 0.154. The molecule has 4 nitrogen and oxygen atoms in total. The Morgan fingerprint density at radius 1 is 1.00 bits per heavy atom. The van der Waals surface area contributed by atoms with Crippen LogP contribution in [0.15, 0.2) is 89.8 Å². The number of hydrogen-bond donors (Lipinski definition) is 1. The molecule has 1 unspecified atom stereocenters. The highest BCUT2D eigenvalue weighted by Gasteiger charge is 2.21. The van der Waals surface area contributed by atoms with E-state index in [0.717, 1.165) is 27.6 Å². The summed E-state index contributed by atoms with van der Waals surface area (Å²) in [6.45, 7) is 1.74. The Hall–Kier alpha value is -3.09. The predicted molar refractivity (Wildman–Crippen MR) is 131 cm³/mol. The molecule has 1 aromatic heterocycles. The Morgan fingerprint density at radius 3 is 2.31 bits per heavy atom. The number of aromatic nitrogens is 1. The lowest BCUT2D eigenvalue weighted by Gasteiger charge is -2.16. The van der Waals surface area contributed by atoms with Crippen LogP contribution in [0.5, 0.6) is 5.75 Å². The minimum absolute atomic E-state index is 0.207. The molecule has 4 rings (SSSR count). The normalized spacial score (nSPS) is 11.8. The molecule has 1 heterocycles. The van der Waals surface area contributed by atoms with Crippen molar-refractivity contribution in [3.05, 3.63) is 101 Å². The molecule has 0 aliphatic rings. The van der Waals surface area contributed by atoms with E-state index >= 15 is 0 Å². The molecule has 4 aromatic rings. The summed E-state index contributed by atoms with van der Waals surface area (Å²) in [7, 11) is 0. The van der Waals surface area contributed by atoms with Gasteiger partial charge in [-0.25, -0.2) is 9.78 Å². The second-order valence-electron chi connectivity index (χ2n) is 7.28. The lowest BCUT2D eigenvalue weighted by atomic mass is 10.1. The van der Waals surface area contributed by atoms with Gasteiger partial charge in [-0.2, -0.15) is 0 Å². The molecule has 3 aromatic carbocycles. The van der Waals surface area contributed by atoms with E-state index < -0.39 is 5.97 Å². The first-order valence-corrected chi connectivity index (χ1v) is 12.0. The maximum Gasteiger partial charge on any atom is 0.341 e. The first kappa shape index (κ1) is 22.1. The number of carboxylic acids is 1. The van der Waals surface area contributed by atoms with Crippen molar-refractivity contribution >= 4 is 29.1 Å². The summed E-state index contributed by atoms with van der Waals surface area (Å²) in [5.74, 6) is -0.432. The molecular weight excluding hydrogens is 438 g/mol. The Kier molecular flexibility index (Phi) is 7.24. The Morgan fingerprint density at radius 2 is 1.66 bits per heavy atom. The van der Waals surface area contributed by atoms with E-state index in [1.807, 2.05) is 48.5 Å². The third-order valence-electron chi connectivity index (χ3n) is 4.87. The molecule has 0 amide bonds. The summed E-state index contributed by atoms with van der Waals surface area (Å²) in [5, 5.41) is 10.0. The van der Waals surface area contributed by atoms with Gasteiger partial charge in [0.25, 0.3) is 0 Å². The second kappa shape index (κ2) is 10.5. The van der Waals surface area contributed by atoms with Gasteiger partial charge in [0.15, 0.2) is 6.61 Å². The van der Waals surface area contributed by atoms with Crippen LogP contribution in [0.25, 0.3) is 10.6 Å². The topological polar surface area (TPSA) is 59.4 Å². The van der Waals surface area contributed by atoms with Gasteiger partial charge < -0.3 is 9.84 Å². The summed E-state index contributed by atoms with van der Waals surface area (Å²) >= 11 is 3.54. The lowest BCUT2D eigenvalue weighted by Crippen LogP contribution is -2.09. The first-order valence-electron chi connectivity index (χ1n) is 10.3. The number of aliphatic carboxylic acids is 1. The zero-order valence-electron chi connectivity index (χ0n) is 17.6. The van der Waals surface area contributed by atoms with Crippen molar-refractivity contribution in [3.63, 3.8) is 0 Å². The van der Waals surface area contributed by atoms with E-state index in [0.29, 0.717) is 5.75 Å². The largest absolute Gasteiger partial charge is 0.482 e. The second-order valence-corrected chi connectivity index (χ2v) is 9.59.